The van der Waals surface area contributed by atoms with E-state index in [0.29, 0.717) is 41.9 Å². The van der Waals surface area contributed by atoms with Crippen LogP contribution in [0.4, 0.5) is 0 Å². The van der Waals surface area contributed by atoms with E-state index in [4.69, 9.17) is 14.2 Å². The van der Waals surface area contributed by atoms with Gasteiger partial charge in [-0.15, -0.1) is 0 Å². The number of esters is 1. The predicted octanol–water partition coefficient (Wildman–Crippen LogP) is 7.90. The fraction of sp³-hybridized carbons (Fsp3) is 0.209. The lowest BCUT2D eigenvalue weighted by Gasteiger charge is -2.22. The lowest BCUT2D eigenvalue weighted by atomic mass is 9.90. The van der Waals surface area contributed by atoms with Crippen molar-refractivity contribution in [2.24, 2.45) is 0 Å². The summed E-state index contributed by atoms with van der Waals surface area (Å²) in [7, 11) is 0. The quantitative estimate of drug-likeness (QED) is 0.0939. The van der Waals surface area contributed by atoms with Crippen molar-refractivity contribution in [2.45, 2.75) is 58.5 Å². The molecule has 1 saturated carbocycles. The van der Waals surface area contributed by atoms with E-state index in [1.807, 2.05) is 60.7 Å². The highest BCUT2D eigenvalue weighted by Gasteiger charge is 2.33. The highest BCUT2D eigenvalue weighted by Crippen LogP contribution is 2.31. The summed E-state index contributed by atoms with van der Waals surface area (Å²) < 4.78 is 17.7. The summed E-state index contributed by atoms with van der Waals surface area (Å²) >= 11 is 0. The van der Waals surface area contributed by atoms with E-state index in [-0.39, 0.29) is 46.6 Å². The van der Waals surface area contributed by atoms with E-state index in [0.717, 1.165) is 17.5 Å². The third-order valence-electron chi connectivity index (χ3n) is 9.11. The van der Waals surface area contributed by atoms with E-state index in [1.165, 1.54) is 12.1 Å². The first-order valence-electron chi connectivity index (χ1n) is 17.2. The Morgan fingerprint density at radius 2 is 1.31 bits per heavy atom. The standard InChI is InChI=1S/C43H39NO8/c1-27-23-32(24-28(2)38(27)40(45)39-34(42(47)48)15-9-18-37(39)51-26-30-13-7-4-8-14-30)43(49)52-36-17-10-16-35(36)44-41(46)31-19-21-33(22-20-31)50-25-29-11-5-3-6-12-29/h3-9,11-15,18-24,35-36H,10,16-17,25-26H2,1-2H3,(H,44,46)(H,47,48)/t35-,36-/m1/s1. The molecule has 9 nitrogen and oxygen atoms in total. The molecule has 5 aromatic carbocycles. The lowest BCUT2D eigenvalue weighted by molar-refractivity contribution is 0.0250. The molecule has 0 bridgehead atoms. The molecule has 1 aliphatic carbocycles. The highest BCUT2D eigenvalue weighted by atomic mass is 16.5. The molecule has 264 valence electrons. The molecule has 1 fully saturated rings. The molecule has 9 heteroatoms. The third kappa shape index (κ3) is 8.38. The minimum atomic E-state index is -1.26. The average molecular weight is 698 g/mol. The van der Waals surface area contributed by atoms with E-state index >= 15 is 0 Å². The van der Waals surface area contributed by atoms with Crippen molar-refractivity contribution in [2.75, 3.05) is 0 Å². The number of aryl methyl sites for hydroxylation is 2. The molecule has 52 heavy (non-hydrogen) atoms. The first-order chi connectivity index (χ1) is 25.2. The van der Waals surface area contributed by atoms with E-state index < -0.39 is 23.8 Å². The normalized spacial score (nSPS) is 15.0. The van der Waals surface area contributed by atoms with Gasteiger partial charge in [0.15, 0.2) is 5.78 Å². The van der Waals surface area contributed by atoms with Crippen molar-refractivity contribution >= 4 is 23.6 Å². The number of nitrogens with one attached hydrogen (secondary N) is 1. The minimum absolute atomic E-state index is 0.0636. The topological polar surface area (TPSA) is 128 Å². The smallest absolute Gasteiger partial charge is 0.338 e. The number of aromatic carboxylic acids is 1. The van der Waals surface area contributed by atoms with E-state index in [1.54, 1.807) is 56.3 Å². The number of ketones is 1. The molecular weight excluding hydrogens is 658 g/mol. The van der Waals surface area contributed by atoms with Crippen LogP contribution in [0.5, 0.6) is 11.5 Å². The van der Waals surface area contributed by atoms with Gasteiger partial charge < -0.3 is 24.6 Å². The summed E-state index contributed by atoms with van der Waals surface area (Å²) in [5.74, 6) is -1.83. The molecule has 0 spiro atoms. The predicted molar refractivity (Wildman–Crippen MR) is 195 cm³/mol. The summed E-state index contributed by atoms with van der Waals surface area (Å²) in [5, 5.41) is 13.0. The number of carboxylic acids is 1. The summed E-state index contributed by atoms with van der Waals surface area (Å²) in [4.78, 5) is 52.9. The zero-order valence-corrected chi connectivity index (χ0v) is 29.0. The second kappa shape index (κ2) is 16.2. The SMILES string of the molecule is Cc1cc(C(=O)O[C@@H]2CCC[C@H]2NC(=O)c2ccc(OCc3ccccc3)cc2)cc(C)c1C(=O)c1c(OCc2ccccc2)cccc1C(=O)O. The van der Waals surface area contributed by atoms with Crippen LogP contribution < -0.4 is 14.8 Å². The van der Waals surface area contributed by atoms with Gasteiger partial charge in [-0.2, -0.15) is 0 Å². The maximum atomic E-state index is 14.1. The Balaban J connectivity index is 1.12. The Morgan fingerprint density at radius 1 is 0.692 bits per heavy atom. The van der Waals surface area contributed by atoms with Crippen LogP contribution in [0.25, 0.3) is 0 Å². The highest BCUT2D eigenvalue weighted by molar-refractivity contribution is 6.17. The number of rotatable bonds is 13. The molecule has 6 rings (SSSR count). The van der Waals surface area contributed by atoms with Gasteiger partial charge in [0.1, 0.15) is 30.8 Å². The number of hydrogen-bond acceptors (Lipinski definition) is 7. The van der Waals surface area contributed by atoms with Gasteiger partial charge in [0.2, 0.25) is 0 Å². The van der Waals surface area contributed by atoms with Gasteiger partial charge in [-0.1, -0.05) is 66.7 Å². The molecule has 0 aliphatic heterocycles. The van der Waals surface area contributed by atoms with Crippen LogP contribution in [0.1, 0.15) is 88.5 Å². The average Bonchev–Trinajstić information content (AvgIpc) is 3.59. The monoisotopic (exact) mass is 697 g/mol. The van der Waals surface area contributed by atoms with E-state index in [9.17, 15) is 24.3 Å². The number of hydrogen-bond donors (Lipinski definition) is 2. The summed E-state index contributed by atoms with van der Waals surface area (Å²) in [6.07, 6.45) is 1.50. The number of carbonyl (C=O) groups excluding carboxylic acids is 3. The second-order valence-corrected chi connectivity index (χ2v) is 12.8. The molecule has 2 atom stereocenters. The van der Waals surface area contributed by atoms with Crippen molar-refractivity contribution in [3.63, 3.8) is 0 Å². The number of ether oxygens (including phenoxy) is 3. The van der Waals surface area contributed by atoms with Crippen molar-refractivity contribution < 1.29 is 38.5 Å². The Morgan fingerprint density at radius 3 is 1.92 bits per heavy atom. The maximum absolute atomic E-state index is 14.1. The minimum Gasteiger partial charge on any atom is -0.489 e. The van der Waals surface area contributed by atoms with Gasteiger partial charge >= 0.3 is 11.9 Å². The van der Waals surface area contributed by atoms with Crippen molar-refractivity contribution in [3.05, 3.63) is 165 Å². The molecule has 0 heterocycles. The van der Waals surface area contributed by atoms with Crippen LogP contribution in [0.3, 0.4) is 0 Å². The summed E-state index contributed by atoms with van der Waals surface area (Å²) in [6.45, 7) is 3.96. The van der Waals surface area contributed by atoms with Crippen LogP contribution in [0.15, 0.2) is 115 Å². The zero-order valence-electron chi connectivity index (χ0n) is 29.0. The molecular formula is C43H39NO8. The number of carboxylic acid groups (broad SMARTS) is 1. The van der Waals surface area contributed by atoms with Gasteiger partial charge in [0.05, 0.1) is 22.7 Å². The molecule has 1 amide bonds. The fourth-order valence-electron chi connectivity index (χ4n) is 6.50. The van der Waals surface area contributed by atoms with Gasteiger partial charge in [-0.25, -0.2) is 9.59 Å². The van der Waals surface area contributed by atoms with E-state index in [2.05, 4.69) is 5.32 Å². The first kappa shape index (κ1) is 35.6. The third-order valence-corrected chi connectivity index (χ3v) is 9.11. The first-order valence-corrected chi connectivity index (χ1v) is 17.2. The van der Waals surface area contributed by atoms with Crippen LogP contribution >= 0.6 is 0 Å². The second-order valence-electron chi connectivity index (χ2n) is 12.8. The number of benzene rings is 5. The number of amides is 1. The molecule has 1 aliphatic rings. The number of carbonyl (C=O) groups is 4. The van der Waals surface area contributed by atoms with Gasteiger partial charge in [0.25, 0.3) is 5.91 Å². The van der Waals surface area contributed by atoms with Gasteiger partial charge in [-0.05, 0) is 104 Å². The van der Waals surface area contributed by atoms with Gasteiger partial charge in [-0.3, -0.25) is 9.59 Å². The molecule has 0 unspecified atom stereocenters. The summed E-state index contributed by atoms with van der Waals surface area (Å²) in [5.41, 5.74) is 3.62. The van der Waals surface area contributed by atoms with Crippen LogP contribution in [0, 0.1) is 13.8 Å². The molecule has 0 radical (unpaired) electrons. The zero-order chi connectivity index (χ0) is 36.6. The molecule has 5 aromatic rings. The van der Waals surface area contributed by atoms with Gasteiger partial charge in [0, 0.05) is 11.1 Å². The Labute approximate surface area is 302 Å². The largest absolute Gasteiger partial charge is 0.489 e. The molecule has 0 saturated heterocycles. The lowest BCUT2D eigenvalue weighted by Crippen LogP contribution is -2.42. The maximum Gasteiger partial charge on any atom is 0.338 e. The van der Waals surface area contributed by atoms with Crippen molar-refractivity contribution in [1.82, 2.24) is 5.32 Å². The fourth-order valence-corrected chi connectivity index (χ4v) is 6.50. The summed E-state index contributed by atoms with van der Waals surface area (Å²) in [6, 6.07) is 33.3. The van der Waals surface area contributed by atoms with Crippen LogP contribution in [-0.2, 0) is 18.0 Å². The van der Waals surface area contributed by atoms with Crippen molar-refractivity contribution in [3.8, 4) is 11.5 Å². The van der Waals surface area contributed by atoms with Crippen molar-refractivity contribution in [1.29, 1.82) is 0 Å². The molecule has 0 aromatic heterocycles. The van der Waals surface area contributed by atoms with Crippen LogP contribution in [0.2, 0.25) is 0 Å². The Hall–Kier alpha value is -6.22. The molecule has 2 N–H and O–H groups in total. The van der Waals surface area contributed by atoms with Crippen LogP contribution in [-0.4, -0.2) is 40.9 Å². The Bertz CT molecular complexity index is 2050. The Kier molecular flexibility index (Phi) is 11.1.